The van der Waals surface area contributed by atoms with Gasteiger partial charge >= 0.3 is 0 Å². The van der Waals surface area contributed by atoms with E-state index in [-0.39, 0.29) is 11.4 Å². The fourth-order valence-electron chi connectivity index (χ4n) is 2.25. The van der Waals surface area contributed by atoms with Crippen LogP contribution in [-0.4, -0.2) is 36.1 Å². The number of anilines is 1. The molecule has 0 aromatic heterocycles. The van der Waals surface area contributed by atoms with Crippen LogP contribution < -0.4 is 5.73 Å². The number of ether oxygens (including phenoxy) is 1. The van der Waals surface area contributed by atoms with Crippen molar-refractivity contribution >= 4 is 11.6 Å². The Labute approximate surface area is 108 Å². The molecule has 0 bridgehead atoms. The zero-order chi connectivity index (χ0) is 13.3. The van der Waals surface area contributed by atoms with Crippen molar-refractivity contribution < 1.29 is 9.53 Å². The highest BCUT2D eigenvalue weighted by atomic mass is 16.5. The van der Waals surface area contributed by atoms with Crippen molar-refractivity contribution in [2.75, 3.05) is 25.5 Å². The van der Waals surface area contributed by atoms with Gasteiger partial charge in [0.1, 0.15) is 0 Å². The van der Waals surface area contributed by atoms with Crippen molar-refractivity contribution in [3.63, 3.8) is 0 Å². The normalized spacial score (nSPS) is 18.7. The lowest BCUT2D eigenvalue weighted by Crippen LogP contribution is -2.55. The molecule has 1 amide bonds. The summed E-state index contributed by atoms with van der Waals surface area (Å²) in [7, 11) is 0. The van der Waals surface area contributed by atoms with Gasteiger partial charge in [-0.15, -0.1) is 0 Å². The van der Waals surface area contributed by atoms with Crippen molar-refractivity contribution in [1.82, 2.24) is 4.90 Å². The van der Waals surface area contributed by atoms with E-state index >= 15 is 0 Å². The summed E-state index contributed by atoms with van der Waals surface area (Å²) in [6.45, 7) is 7.76. The Kier molecular flexibility index (Phi) is 3.30. The molecule has 0 atom stereocenters. The third-order valence-corrected chi connectivity index (χ3v) is 3.38. The molecule has 1 fully saturated rings. The highest BCUT2D eigenvalue weighted by Gasteiger charge is 2.34. The summed E-state index contributed by atoms with van der Waals surface area (Å²) in [5, 5.41) is 0. The second kappa shape index (κ2) is 4.61. The van der Waals surface area contributed by atoms with Gasteiger partial charge in [-0.1, -0.05) is 6.07 Å². The van der Waals surface area contributed by atoms with Gasteiger partial charge < -0.3 is 15.4 Å². The Balaban J connectivity index is 2.33. The van der Waals surface area contributed by atoms with Crippen LogP contribution in [0.2, 0.25) is 0 Å². The molecular formula is C14H20N2O2. The number of benzene rings is 1. The van der Waals surface area contributed by atoms with Crippen LogP contribution in [0.4, 0.5) is 5.69 Å². The SMILES string of the molecule is Cc1ccc(N)cc1C(=O)N1CCOCC1(C)C. The summed E-state index contributed by atoms with van der Waals surface area (Å²) in [6.07, 6.45) is 0. The zero-order valence-corrected chi connectivity index (χ0v) is 11.2. The van der Waals surface area contributed by atoms with Crippen LogP contribution in [0.1, 0.15) is 29.8 Å². The van der Waals surface area contributed by atoms with Gasteiger partial charge in [-0.2, -0.15) is 0 Å². The molecule has 0 aliphatic carbocycles. The summed E-state index contributed by atoms with van der Waals surface area (Å²) in [5.74, 6) is 0.0353. The highest BCUT2D eigenvalue weighted by molar-refractivity contribution is 5.97. The third-order valence-electron chi connectivity index (χ3n) is 3.38. The Hall–Kier alpha value is -1.55. The van der Waals surface area contributed by atoms with Gasteiger partial charge in [0.25, 0.3) is 5.91 Å². The van der Waals surface area contributed by atoms with E-state index in [1.54, 1.807) is 6.07 Å². The summed E-state index contributed by atoms with van der Waals surface area (Å²) >= 11 is 0. The monoisotopic (exact) mass is 248 g/mol. The first-order chi connectivity index (χ1) is 8.42. The molecule has 0 radical (unpaired) electrons. The lowest BCUT2D eigenvalue weighted by molar-refractivity contribution is -0.0370. The maximum absolute atomic E-state index is 12.6. The third kappa shape index (κ3) is 2.34. The van der Waals surface area contributed by atoms with Crippen LogP contribution in [0, 0.1) is 6.92 Å². The van der Waals surface area contributed by atoms with Gasteiger partial charge in [-0.25, -0.2) is 0 Å². The zero-order valence-electron chi connectivity index (χ0n) is 11.2. The average Bonchev–Trinajstić information content (AvgIpc) is 2.31. The summed E-state index contributed by atoms with van der Waals surface area (Å²) in [5.41, 5.74) is 7.76. The molecule has 98 valence electrons. The minimum atomic E-state index is -0.271. The Morgan fingerprint density at radius 3 is 2.83 bits per heavy atom. The lowest BCUT2D eigenvalue weighted by Gasteiger charge is -2.42. The number of hydrogen-bond donors (Lipinski definition) is 1. The van der Waals surface area contributed by atoms with Crippen molar-refractivity contribution in [2.24, 2.45) is 0 Å². The maximum Gasteiger partial charge on any atom is 0.254 e. The van der Waals surface area contributed by atoms with Crippen LogP contribution >= 0.6 is 0 Å². The Bertz CT molecular complexity index is 469. The Morgan fingerprint density at radius 2 is 2.17 bits per heavy atom. The van der Waals surface area contributed by atoms with Crippen LogP contribution in [0.25, 0.3) is 0 Å². The molecular weight excluding hydrogens is 228 g/mol. The number of carbonyl (C=O) groups is 1. The van der Waals surface area contributed by atoms with Crippen LogP contribution in [0.5, 0.6) is 0 Å². The van der Waals surface area contributed by atoms with E-state index in [9.17, 15) is 4.79 Å². The molecule has 0 spiro atoms. The van der Waals surface area contributed by atoms with E-state index < -0.39 is 0 Å². The predicted octanol–water partition coefficient (Wildman–Crippen LogP) is 1.83. The number of rotatable bonds is 1. The molecule has 2 N–H and O–H groups in total. The van der Waals surface area contributed by atoms with Crippen LogP contribution in [0.15, 0.2) is 18.2 Å². The predicted molar refractivity (Wildman–Crippen MR) is 71.5 cm³/mol. The number of nitrogens with zero attached hydrogens (tertiary/aromatic N) is 1. The van der Waals surface area contributed by atoms with Crippen molar-refractivity contribution in [3.05, 3.63) is 29.3 Å². The molecule has 1 aliphatic rings. The molecule has 0 unspecified atom stereocenters. The summed E-state index contributed by atoms with van der Waals surface area (Å²) < 4.78 is 5.44. The van der Waals surface area contributed by atoms with E-state index in [0.717, 1.165) is 5.56 Å². The minimum absolute atomic E-state index is 0.0353. The first-order valence-corrected chi connectivity index (χ1v) is 6.18. The molecule has 0 saturated carbocycles. The van der Waals surface area contributed by atoms with Crippen LogP contribution in [0.3, 0.4) is 0 Å². The van der Waals surface area contributed by atoms with Gasteiger partial charge in [0, 0.05) is 17.8 Å². The number of nitrogens with two attached hydrogens (primary N) is 1. The van der Waals surface area contributed by atoms with Gasteiger partial charge in [0.15, 0.2) is 0 Å². The number of morpholine rings is 1. The van der Waals surface area contributed by atoms with Gasteiger partial charge in [0.2, 0.25) is 0 Å². The number of carbonyl (C=O) groups excluding carboxylic acids is 1. The topological polar surface area (TPSA) is 55.6 Å². The number of aryl methyl sites for hydroxylation is 1. The minimum Gasteiger partial charge on any atom is -0.399 e. The first-order valence-electron chi connectivity index (χ1n) is 6.18. The average molecular weight is 248 g/mol. The molecule has 1 aliphatic heterocycles. The van der Waals surface area contributed by atoms with Gasteiger partial charge in [-0.3, -0.25) is 4.79 Å². The number of amides is 1. The standard InChI is InChI=1S/C14H20N2O2/c1-10-4-5-11(15)8-12(10)13(17)16-6-7-18-9-14(16,2)3/h4-5,8H,6-7,9,15H2,1-3H3. The number of nitrogen functional groups attached to an aromatic ring is 1. The van der Waals surface area contributed by atoms with E-state index in [4.69, 9.17) is 10.5 Å². The highest BCUT2D eigenvalue weighted by Crippen LogP contribution is 2.23. The van der Waals surface area contributed by atoms with Gasteiger partial charge in [0.05, 0.1) is 18.8 Å². The largest absolute Gasteiger partial charge is 0.399 e. The Morgan fingerprint density at radius 1 is 1.44 bits per heavy atom. The molecule has 1 heterocycles. The molecule has 4 heteroatoms. The first kappa shape index (κ1) is 12.9. The molecule has 1 aromatic rings. The quantitative estimate of drug-likeness (QED) is 0.771. The molecule has 2 rings (SSSR count). The van der Waals surface area contributed by atoms with Crippen molar-refractivity contribution in [2.45, 2.75) is 26.3 Å². The summed E-state index contributed by atoms with van der Waals surface area (Å²) in [4.78, 5) is 14.5. The van der Waals surface area contributed by atoms with E-state index in [0.29, 0.717) is 31.0 Å². The van der Waals surface area contributed by atoms with Gasteiger partial charge in [-0.05, 0) is 38.5 Å². The van der Waals surface area contributed by atoms with E-state index in [1.807, 2.05) is 37.8 Å². The second-order valence-corrected chi connectivity index (χ2v) is 5.40. The fraction of sp³-hybridized carbons (Fsp3) is 0.500. The molecule has 4 nitrogen and oxygen atoms in total. The lowest BCUT2D eigenvalue weighted by atomic mass is 9.99. The van der Waals surface area contributed by atoms with Crippen molar-refractivity contribution in [3.8, 4) is 0 Å². The number of hydrogen-bond acceptors (Lipinski definition) is 3. The van der Waals surface area contributed by atoms with Crippen molar-refractivity contribution in [1.29, 1.82) is 0 Å². The molecule has 18 heavy (non-hydrogen) atoms. The molecule has 1 saturated heterocycles. The summed E-state index contributed by atoms with van der Waals surface area (Å²) in [6, 6.07) is 5.45. The van der Waals surface area contributed by atoms with E-state index in [1.165, 1.54) is 0 Å². The fourth-order valence-corrected chi connectivity index (χ4v) is 2.25. The van der Waals surface area contributed by atoms with E-state index in [2.05, 4.69) is 0 Å². The second-order valence-electron chi connectivity index (χ2n) is 5.40. The maximum atomic E-state index is 12.6. The molecule has 1 aromatic carbocycles. The smallest absolute Gasteiger partial charge is 0.254 e. The van der Waals surface area contributed by atoms with Crippen LogP contribution in [-0.2, 0) is 4.74 Å².